The molecule has 0 fully saturated rings. The Bertz CT molecular complexity index is 386. The number of hydrogen-bond donors (Lipinski definition) is 1. The van der Waals surface area contributed by atoms with Crippen LogP contribution in [0.3, 0.4) is 0 Å². The van der Waals surface area contributed by atoms with E-state index in [1.807, 2.05) is 18.2 Å². The molecule has 2 heteroatoms. The van der Waals surface area contributed by atoms with Crippen molar-refractivity contribution in [3.05, 3.63) is 35.4 Å². The summed E-state index contributed by atoms with van der Waals surface area (Å²) in [7, 11) is 0. The number of nitrogens with one attached hydrogen (secondary N) is 1. The molecular weight excluding hydrogens is 210 g/mol. The average Bonchev–Trinajstić information content (AvgIpc) is 2.37. The molecule has 0 spiro atoms. The van der Waals surface area contributed by atoms with E-state index >= 15 is 0 Å². The standard InChI is InChI=1S/C15H21NO/c1-2-3-10-16-11-13-9-8-12-6-4-5-7-14(12)15(13)17/h4-7,13,16H,2-3,8-11H2,1H3/t13-/m1/s1. The molecule has 0 aromatic heterocycles. The van der Waals surface area contributed by atoms with Crippen LogP contribution in [0.15, 0.2) is 24.3 Å². The first-order valence-corrected chi connectivity index (χ1v) is 6.65. The van der Waals surface area contributed by atoms with Gasteiger partial charge in [0.2, 0.25) is 0 Å². The first-order chi connectivity index (χ1) is 8.33. The van der Waals surface area contributed by atoms with Crippen LogP contribution in [0, 0.1) is 5.92 Å². The average molecular weight is 231 g/mol. The topological polar surface area (TPSA) is 29.1 Å². The van der Waals surface area contributed by atoms with Crippen LogP contribution in [0.2, 0.25) is 0 Å². The number of fused-ring (bicyclic) bond motifs is 1. The van der Waals surface area contributed by atoms with Crippen molar-refractivity contribution in [2.24, 2.45) is 5.92 Å². The Hall–Kier alpha value is -1.15. The second kappa shape index (κ2) is 5.97. The van der Waals surface area contributed by atoms with Crippen LogP contribution in [-0.4, -0.2) is 18.9 Å². The van der Waals surface area contributed by atoms with Crippen molar-refractivity contribution in [3.8, 4) is 0 Å². The highest BCUT2D eigenvalue weighted by Gasteiger charge is 2.26. The summed E-state index contributed by atoms with van der Waals surface area (Å²) in [6, 6.07) is 8.03. The molecular formula is C15H21NO. The fraction of sp³-hybridized carbons (Fsp3) is 0.533. The van der Waals surface area contributed by atoms with Crippen LogP contribution in [-0.2, 0) is 6.42 Å². The third-order valence-corrected chi connectivity index (χ3v) is 3.51. The van der Waals surface area contributed by atoms with Gasteiger partial charge in [0.1, 0.15) is 0 Å². The Morgan fingerprint density at radius 1 is 1.35 bits per heavy atom. The first-order valence-electron chi connectivity index (χ1n) is 6.65. The SMILES string of the molecule is CCCCNC[C@H]1CCc2ccccc2C1=O. The Morgan fingerprint density at radius 3 is 3.00 bits per heavy atom. The Labute approximate surface area is 103 Å². The molecule has 0 heterocycles. The van der Waals surface area contributed by atoms with E-state index in [0.717, 1.165) is 31.5 Å². The molecule has 17 heavy (non-hydrogen) atoms. The van der Waals surface area contributed by atoms with Gasteiger partial charge in [-0.15, -0.1) is 0 Å². The molecule has 0 saturated heterocycles. The Morgan fingerprint density at radius 2 is 2.18 bits per heavy atom. The van der Waals surface area contributed by atoms with Crippen molar-refractivity contribution in [1.82, 2.24) is 5.32 Å². The molecule has 0 bridgehead atoms. The zero-order valence-corrected chi connectivity index (χ0v) is 10.5. The summed E-state index contributed by atoms with van der Waals surface area (Å²) in [4.78, 5) is 12.2. The molecule has 0 radical (unpaired) electrons. The summed E-state index contributed by atoms with van der Waals surface area (Å²) >= 11 is 0. The summed E-state index contributed by atoms with van der Waals surface area (Å²) in [5.74, 6) is 0.512. The van der Waals surface area contributed by atoms with E-state index in [4.69, 9.17) is 0 Å². The minimum absolute atomic E-state index is 0.182. The number of benzene rings is 1. The minimum Gasteiger partial charge on any atom is -0.316 e. The maximum Gasteiger partial charge on any atom is 0.167 e. The van der Waals surface area contributed by atoms with Gasteiger partial charge in [-0.25, -0.2) is 0 Å². The highest BCUT2D eigenvalue weighted by atomic mass is 16.1. The summed E-state index contributed by atoms with van der Waals surface area (Å²) in [6.45, 7) is 4.05. The fourth-order valence-corrected chi connectivity index (χ4v) is 2.43. The van der Waals surface area contributed by atoms with E-state index in [2.05, 4.69) is 18.3 Å². The van der Waals surface area contributed by atoms with E-state index in [1.165, 1.54) is 18.4 Å². The number of Topliss-reactive ketones (excluding diaryl/α,β-unsaturated/α-hetero) is 1. The molecule has 1 aliphatic carbocycles. The number of hydrogen-bond acceptors (Lipinski definition) is 2. The highest BCUT2D eigenvalue weighted by Crippen LogP contribution is 2.24. The normalized spacial score (nSPS) is 19.1. The molecule has 0 unspecified atom stereocenters. The van der Waals surface area contributed by atoms with Gasteiger partial charge in [0.05, 0.1) is 0 Å². The number of rotatable bonds is 5. The second-order valence-corrected chi connectivity index (χ2v) is 4.81. The van der Waals surface area contributed by atoms with Gasteiger partial charge in [-0.2, -0.15) is 0 Å². The fourth-order valence-electron chi connectivity index (χ4n) is 2.43. The molecule has 0 aliphatic heterocycles. The molecule has 1 atom stereocenters. The lowest BCUT2D eigenvalue weighted by atomic mass is 9.83. The molecule has 0 amide bonds. The summed E-state index contributed by atoms with van der Waals surface area (Å²) < 4.78 is 0. The van der Waals surface area contributed by atoms with Crippen LogP contribution in [0.1, 0.15) is 42.1 Å². The van der Waals surface area contributed by atoms with Crippen molar-refractivity contribution in [2.75, 3.05) is 13.1 Å². The van der Waals surface area contributed by atoms with E-state index < -0.39 is 0 Å². The number of ketones is 1. The molecule has 1 aliphatic rings. The van der Waals surface area contributed by atoms with Crippen molar-refractivity contribution in [2.45, 2.75) is 32.6 Å². The smallest absolute Gasteiger partial charge is 0.167 e. The van der Waals surface area contributed by atoms with E-state index in [0.29, 0.717) is 5.78 Å². The third kappa shape index (κ3) is 2.95. The minimum atomic E-state index is 0.182. The second-order valence-electron chi connectivity index (χ2n) is 4.81. The summed E-state index contributed by atoms with van der Waals surface area (Å²) in [5, 5.41) is 3.40. The van der Waals surface area contributed by atoms with Crippen LogP contribution < -0.4 is 5.32 Å². The van der Waals surface area contributed by atoms with Crippen molar-refractivity contribution in [3.63, 3.8) is 0 Å². The Balaban J connectivity index is 1.93. The van der Waals surface area contributed by atoms with Gasteiger partial charge in [0, 0.05) is 18.0 Å². The number of carbonyl (C=O) groups is 1. The van der Waals surface area contributed by atoms with E-state index in [1.54, 1.807) is 0 Å². The van der Waals surface area contributed by atoms with Crippen molar-refractivity contribution in [1.29, 1.82) is 0 Å². The predicted octanol–water partition coefficient (Wildman–Crippen LogP) is 2.82. The number of carbonyl (C=O) groups excluding carboxylic acids is 1. The van der Waals surface area contributed by atoms with Gasteiger partial charge in [-0.1, -0.05) is 37.6 Å². The molecule has 1 aromatic rings. The van der Waals surface area contributed by atoms with Crippen LogP contribution >= 0.6 is 0 Å². The molecule has 2 nitrogen and oxygen atoms in total. The zero-order valence-electron chi connectivity index (χ0n) is 10.5. The predicted molar refractivity (Wildman–Crippen MR) is 70.4 cm³/mol. The number of aryl methyl sites for hydroxylation is 1. The van der Waals surface area contributed by atoms with Crippen LogP contribution in [0.4, 0.5) is 0 Å². The Kier molecular flexibility index (Phi) is 4.32. The lowest BCUT2D eigenvalue weighted by molar-refractivity contribution is 0.0901. The van der Waals surface area contributed by atoms with Crippen LogP contribution in [0.25, 0.3) is 0 Å². The van der Waals surface area contributed by atoms with E-state index in [9.17, 15) is 4.79 Å². The van der Waals surface area contributed by atoms with Gasteiger partial charge in [0.25, 0.3) is 0 Å². The van der Waals surface area contributed by atoms with Gasteiger partial charge in [-0.3, -0.25) is 4.79 Å². The third-order valence-electron chi connectivity index (χ3n) is 3.51. The van der Waals surface area contributed by atoms with Crippen LogP contribution in [0.5, 0.6) is 0 Å². The van der Waals surface area contributed by atoms with Gasteiger partial charge in [-0.05, 0) is 31.4 Å². The van der Waals surface area contributed by atoms with Crippen molar-refractivity contribution >= 4 is 5.78 Å². The maximum absolute atomic E-state index is 12.2. The zero-order chi connectivity index (χ0) is 12.1. The lowest BCUT2D eigenvalue weighted by Gasteiger charge is -2.23. The van der Waals surface area contributed by atoms with E-state index in [-0.39, 0.29) is 5.92 Å². The van der Waals surface area contributed by atoms with Crippen molar-refractivity contribution < 1.29 is 4.79 Å². The molecule has 1 N–H and O–H groups in total. The largest absolute Gasteiger partial charge is 0.316 e. The highest BCUT2D eigenvalue weighted by molar-refractivity contribution is 6.00. The molecule has 1 aromatic carbocycles. The lowest BCUT2D eigenvalue weighted by Crippen LogP contribution is -2.32. The molecule has 0 saturated carbocycles. The van der Waals surface area contributed by atoms with Gasteiger partial charge >= 0.3 is 0 Å². The van der Waals surface area contributed by atoms with Gasteiger partial charge < -0.3 is 5.32 Å². The maximum atomic E-state index is 12.2. The van der Waals surface area contributed by atoms with Gasteiger partial charge in [0.15, 0.2) is 5.78 Å². The number of unbranched alkanes of at least 4 members (excludes halogenated alkanes) is 1. The summed E-state index contributed by atoms with van der Waals surface area (Å²) in [5.41, 5.74) is 2.17. The first kappa shape index (κ1) is 12.3. The molecule has 2 rings (SSSR count). The quantitative estimate of drug-likeness (QED) is 0.789. The monoisotopic (exact) mass is 231 g/mol. The molecule has 92 valence electrons. The summed E-state index contributed by atoms with van der Waals surface area (Å²) in [6.07, 6.45) is 4.43.